The Balaban J connectivity index is 2.45. The Morgan fingerprint density at radius 1 is 0.727 bits per heavy atom. The van der Waals surface area contributed by atoms with E-state index < -0.39 is 33.0 Å². The lowest BCUT2D eigenvalue weighted by Crippen LogP contribution is -2.63. The van der Waals surface area contributed by atoms with Gasteiger partial charge in [0, 0.05) is 8.31 Å². The highest BCUT2D eigenvalue weighted by atomic mass is 29.6. The van der Waals surface area contributed by atoms with E-state index in [1.807, 2.05) is 0 Å². The molecule has 2 aromatic carbocycles. The van der Waals surface area contributed by atoms with Crippen molar-refractivity contribution in [3.05, 3.63) is 60.7 Å². The summed E-state index contributed by atoms with van der Waals surface area (Å²) in [6.45, 7) is 11.9. The second kappa shape index (κ2) is 7.70. The highest BCUT2D eigenvalue weighted by Crippen LogP contribution is 2.10. The van der Waals surface area contributed by atoms with Crippen molar-refractivity contribution in [3.63, 3.8) is 0 Å². The van der Waals surface area contributed by atoms with Crippen LogP contribution >= 0.6 is 0 Å². The standard InChI is InChI=1S/C17H25OSi4/c1-19(2)21(17-14-10-7-11-15-17)20(18-22(3,4)5)16-12-8-6-9-13-16/h6-15H,1-5H3. The normalized spacial score (nSPS) is 12.4. The van der Waals surface area contributed by atoms with Gasteiger partial charge in [0.2, 0.25) is 8.56 Å². The zero-order valence-electron chi connectivity index (χ0n) is 14.2. The SMILES string of the molecule is C[Si](C)[Si](c1ccccc1)[Si](O[Si](C)(C)C)c1ccccc1. The molecule has 0 N–H and O–H groups in total. The summed E-state index contributed by atoms with van der Waals surface area (Å²) in [4.78, 5) is 0. The third-order valence-corrected chi connectivity index (χ3v) is 24.1. The Morgan fingerprint density at radius 2 is 1.18 bits per heavy atom. The van der Waals surface area contributed by atoms with E-state index in [1.165, 1.54) is 5.19 Å². The van der Waals surface area contributed by atoms with Gasteiger partial charge in [-0.3, -0.25) is 0 Å². The summed E-state index contributed by atoms with van der Waals surface area (Å²) in [5.74, 6) is 0. The van der Waals surface area contributed by atoms with E-state index in [0.29, 0.717) is 0 Å². The van der Waals surface area contributed by atoms with Crippen molar-refractivity contribution in [2.45, 2.75) is 32.7 Å². The first kappa shape index (κ1) is 17.6. The molecule has 0 spiro atoms. The van der Waals surface area contributed by atoms with E-state index in [0.717, 1.165) is 0 Å². The molecule has 2 rings (SSSR count). The van der Waals surface area contributed by atoms with Crippen molar-refractivity contribution in [1.82, 2.24) is 0 Å². The quantitative estimate of drug-likeness (QED) is 0.722. The Bertz CT molecular complexity index is 566. The van der Waals surface area contributed by atoms with Crippen LogP contribution in [0.1, 0.15) is 0 Å². The van der Waals surface area contributed by atoms with Crippen LogP contribution in [0.25, 0.3) is 0 Å². The van der Waals surface area contributed by atoms with Crippen LogP contribution in [0.3, 0.4) is 0 Å². The summed E-state index contributed by atoms with van der Waals surface area (Å²) in [5, 5.41) is 3.02. The van der Waals surface area contributed by atoms with Gasteiger partial charge in [-0.05, 0) is 24.8 Å². The average molecular weight is 358 g/mol. The smallest absolute Gasteiger partial charge is 0.217 e. The summed E-state index contributed by atoms with van der Waals surface area (Å²) >= 11 is 0. The van der Waals surface area contributed by atoms with Gasteiger partial charge in [0.1, 0.15) is 7.83 Å². The van der Waals surface area contributed by atoms with Crippen LogP contribution in [0.15, 0.2) is 60.7 Å². The minimum atomic E-state index is -1.56. The van der Waals surface area contributed by atoms with Crippen LogP contribution in [0.4, 0.5) is 0 Å². The molecule has 0 aromatic heterocycles. The molecule has 0 aliphatic rings. The van der Waals surface area contributed by atoms with Gasteiger partial charge in [0.25, 0.3) is 0 Å². The molecule has 0 amide bonds. The third-order valence-electron chi connectivity index (χ3n) is 3.23. The number of hydrogen-bond acceptors (Lipinski definition) is 1. The zero-order valence-corrected chi connectivity index (χ0v) is 18.2. The van der Waals surface area contributed by atoms with Gasteiger partial charge in [-0.1, -0.05) is 78.9 Å². The minimum Gasteiger partial charge on any atom is -0.455 e. The van der Waals surface area contributed by atoms with Crippen LogP contribution < -0.4 is 10.4 Å². The fourth-order valence-corrected chi connectivity index (χ4v) is 25.0. The fourth-order valence-electron chi connectivity index (χ4n) is 2.40. The molecule has 0 aliphatic heterocycles. The average Bonchev–Trinajstić information content (AvgIpc) is 2.47. The van der Waals surface area contributed by atoms with Crippen molar-refractivity contribution in [3.8, 4) is 0 Å². The van der Waals surface area contributed by atoms with E-state index in [2.05, 4.69) is 93.4 Å². The summed E-state index contributed by atoms with van der Waals surface area (Å²) < 4.78 is 6.81. The predicted molar refractivity (Wildman–Crippen MR) is 106 cm³/mol. The summed E-state index contributed by atoms with van der Waals surface area (Å²) in [6.07, 6.45) is 0. The molecule has 0 atom stereocenters. The molecule has 0 heterocycles. The molecule has 0 saturated heterocycles. The molecule has 0 bridgehead atoms. The monoisotopic (exact) mass is 357 g/mol. The lowest BCUT2D eigenvalue weighted by molar-refractivity contribution is 0.599. The van der Waals surface area contributed by atoms with E-state index in [-0.39, 0.29) is 0 Å². The first-order valence-corrected chi connectivity index (χ1v) is 18.5. The molecule has 2 aromatic rings. The van der Waals surface area contributed by atoms with Gasteiger partial charge in [0.05, 0.1) is 0 Å². The van der Waals surface area contributed by atoms with Crippen molar-refractivity contribution >= 4 is 43.4 Å². The van der Waals surface area contributed by atoms with E-state index in [9.17, 15) is 0 Å². The molecule has 0 aliphatic carbocycles. The molecule has 5 heteroatoms. The zero-order chi connectivity index (χ0) is 16.2. The van der Waals surface area contributed by atoms with Gasteiger partial charge < -0.3 is 4.12 Å². The second-order valence-electron chi connectivity index (χ2n) is 6.65. The minimum absolute atomic E-state index is 0.398. The molecule has 0 saturated carbocycles. The molecule has 115 valence electrons. The summed E-state index contributed by atoms with van der Waals surface area (Å²) in [5.41, 5.74) is 0. The molecular formula is C17H25OSi4. The van der Waals surface area contributed by atoms with Crippen LogP contribution in [-0.4, -0.2) is 33.0 Å². The Kier molecular flexibility index (Phi) is 6.16. The molecular weight excluding hydrogens is 333 g/mol. The largest absolute Gasteiger partial charge is 0.455 e. The van der Waals surface area contributed by atoms with Crippen LogP contribution in [0, 0.1) is 0 Å². The summed E-state index contributed by atoms with van der Waals surface area (Å²) in [6, 6.07) is 22.1. The Morgan fingerprint density at radius 3 is 1.59 bits per heavy atom. The molecule has 22 heavy (non-hydrogen) atoms. The van der Waals surface area contributed by atoms with E-state index in [4.69, 9.17) is 4.12 Å². The van der Waals surface area contributed by atoms with E-state index in [1.54, 1.807) is 5.19 Å². The Labute approximate surface area is 141 Å². The van der Waals surface area contributed by atoms with Gasteiger partial charge in [-0.2, -0.15) is 0 Å². The Hall–Kier alpha value is -0.732. The number of rotatable bonds is 6. The topological polar surface area (TPSA) is 9.23 Å². The lowest BCUT2D eigenvalue weighted by atomic mass is 10.4. The van der Waals surface area contributed by atoms with Crippen molar-refractivity contribution in [2.75, 3.05) is 0 Å². The fraction of sp³-hybridized carbons (Fsp3) is 0.294. The van der Waals surface area contributed by atoms with E-state index >= 15 is 0 Å². The van der Waals surface area contributed by atoms with Gasteiger partial charge in [-0.25, -0.2) is 0 Å². The van der Waals surface area contributed by atoms with Crippen molar-refractivity contribution in [2.24, 2.45) is 0 Å². The van der Waals surface area contributed by atoms with Gasteiger partial charge >= 0.3 is 0 Å². The molecule has 3 radical (unpaired) electrons. The van der Waals surface area contributed by atoms with Crippen LogP contribution in [0.5, 0.6) is 0 Å². The third kappa shape index (κ3) is 4.89. The lowest BCUT2D eigenvalue weighted by Gasteiger charge is -2.32. The van der Waals surface area contributed by atoms with Gasteiger partial charge in [0.15, 0.2) is 8.32 Å². The van der Waals surface area contributed by atoms with Crippen molar-refractivity contribution < 1.29 is 4.12 Å². The summed E-state index contributed by atoms with van der Waals surface area (Å²) in [7, 11) is -3.56. The maximum Gasteiger partial charge on any atom is 0.217 e. The maximum atomic E-state index is 6.81. The number of benzene rings is 2. The van der Waals surface area contributed by atoms with Crippen LogP contribution in [0.2, 0.25) is 32.7 Å². The highest BCUT2D eigenvalue weighted by Gasteiger charge is 2.36. The highest BCUT2D eigenvalue weighted by molar-refractivity contribution is 7.56. The second-order valence-corrected chi connectivity index (χ2v) is 25.1. The molecule has 1 nitrogen and oxygen atoms in total. The maximum absolute atomic E-state index is 6.81. The molecule has 0 fully saturated rings. The first-order valence-electron chi connectivity index (χ1n) is 7.73. The first-order chi connectivity index (χ1) is 10.4. The molecule has 0 unspecified atom stereocenters. The van der Waals surface area contributed by atoms with Crippen LogP contribution in [-0.2, 0) is 4.12 Å². The number of hydrogen-bond donors (Lipinski definition) is 0. The van der Waals surface area contributed by atoms with Gasteiger partial charge in [-0.15, -0.1) is 0 Å². The van der Waals surface area contributed by atoms with Crippen molar-refractivity contribution in [1.29, 1.82) is 0 Å². The predicted octanol–water partition coefficient (Wildman–Crippen LogP) is 3.05.